The largest absolute Gasteiger partial charge is 0.388 e. The highest BCUT2D eigenvalue weighted by atomic mass is 16.1. The molecule has 8 heteroatoms. The number of hydrogen-bond donors (Lipinski definition) is 2. The molecule has 1 aromatic carbocycles. The highest BCUT2D eigenvalue weighted by molar-refractivity contribution is 6.42. The normalized spacial score (nSPS) is 18.3. The van der Waals surface area contributed by atoms with Crippen molar-refractivity contribution in [3.8, 4) is 0 Å². The Labute approximate surface area is 143 Å². The maximum atomic E-state index is 8.58. The average Bonchev–Trinajstić information content (AvgIpc) is 2.98. The van der Waals surface area contributed by atoms with Crippen LogP contribution in [0.2, 0.25) is 0 Å². The Morgan fingerprint density at radius 3 is 1.74 bits per heavy atom. The Kier molecular flexibility index (Phi) is 6.20. The predicted molar refractivity (Wildman–Crippen MR) is 96.4 cm³/mol. The number of carbonyl (C=O) groups excluding carboxylic acids is 2. The fourth-order valence-electron chi connectivity index (χ4n) is 3.35. The van der Waals surface area contributed by atoms with Gasteiger partial charge in [-0.3, -0.25) is 4.79 Å². The summed E-state index contributed by atoms with van der Waals surface area (Å²) in [5.41, 5.74) is 9.76. The molecule has 0 spiro atoms. The number of nitrogens with two attached hydrogens (primary N) is 1. The summed E-state index contributed by atoms with van der Waals surface area (Å²) in [5.74, 6) is 0. The summed E-state index contributed by atoms with van der Waals surface area (Å²) < 4.78 is 0. The Hall–Kier alpha value is -1.58. The van der Waals surface area contributed by atoms with Gasteiger partial charge in [-0.25, -0.2) is 0 Å². The SMILES string of the molecule is C=O.NC=O.[B]C1([B])CCc2c1cc1c(c2NC)CCC1([B])[B]. The van der Waals surface area contributed by atoms with Crippen LogP contribution in [0.3, 0.4) is 0 Å². The molecule has 0 atom stereocenters. The zero-order chi connectivity index (χ0) is 17.8. The number of primary amides is 1. The average molecular weight is 302 g/mol. The van der Waals surface area contributed by atoms with Gasteiger partial charge in [0.15, 0.2) is 0 Å². The Bertz CT molecular complexity index is 549. The number of amides is 1. The van der Waals surface area contributed by atoms with Gasteiger partial charge in [-0.05, 0) is 24.0 Å². The summed E-state index contributed by atoms with van der Waals surface area (Å²) in [4.78, 5) is 16.6. The molecule has 0 aromatic heterocycles. The van der Waals surface area contributed by atoms with Crippen LogP contribution in [0.1, 0.15) is 35.1 Å². The molecule has 0 fully saturated rings. The van der Waals surface area contributed by atoms with Gasteiger partial charge >= 0.3 is 0 Å². The summed E-state index contributed by atoms with van der Waals surface area (Å²) in [6.45, 7) is 2.00. The van der Waals surface area contributed by atoms with Crippen LogP contribution in [0.25, 0.3) is 0 Å². The first-order valence-electron chi connectivity index (χ1n) is 7.25. The molecule has 1 amide bonds. The standard InChI is InChI=1S/C13H13B4N.CH3NO.CH2O/c1-18-11-7-2-4-12(14,15)9(7)6-10-8(11)3-5-13(10,16)17;2-1-3;1-2/h6,18H,2-5H2,1H3;1H,(H2,2,3);1H2. The van der Waals surface area contributed by atoms with E-state index in [0.29, 0.717) is 0 Å². The van der Waals surface area contributed by atoms with Gasteiger partial charge in [0, 0.05) is 12.7 Å². The highest BCUT2D eigenvalue weighted by Gasteiger charge is 2.37. The van der Waals surface area contributed by atoms with Gasteiger partial charge in [-0.2, -0.15) is 0 Å². The van der Waals surface area contributed by atoms with Crippen molar-refractivity contribution in [3.05, 3.63) is 28.3 Å². The fourth-order valence-corrected chi connectivity index (χ4v) is 3.35. The molecule has 0 bridgehead atoms. The van der Waals surface area contributed by atoms with Gasteiger partial charge in [0.1, 0.15) is 6.79 Å². The molecule has 0 aliphatic heterocycles. The van der Waals surface area contributed by atoms with Gasteiger partial charge < -0.3 is 15.8 Å². The summed E-state index contributed by atoms with van der Waals surface area (Å²) >= 11 is 0. The topological polar surface area (TPSA) is 72.2 Å². The van der Waals surface area contributed by atoms with E-state index in [4.69, 9.17) is 41.0 Å². The van der Waals surface area contributed by atoms with E-state index in [0.717, 1.165) is 42.5 Å². The minimum absolute atomic E-state index is 0.250. The van der Waals surface area contributed by atoms with Crippen molar-refractivity contribution in [2.75, 3.05) is 12.4 Å². The van der Waals surface area contributed by atoms with Gasteiger partial charge in [0.25, 0.3) is 0 Å². The maximum absolute atomic E-state index is 8.58. The van der Waals surface area contributed by atoms with E-state index in [1.807, 2.05) is 19.9 Å². The van der Waals surface area contributed by atoms with Crippen LogP contribution >= 0.6 is 0 Å². The third kappa shape index (κ3) is 3.51. The Balaban J connectivity index is 0.000000477. The van der Waals surface area contributed by atoms with Crippen LogP contribution in [0.4, 0.5) is 5.69 Å². The molecule has 4 nitrogen and oxygen atoms in total. The van der Waals surface area contributed by atoms with Crippen LogP contribution in [0.5, 0.6) is 0 Å². The number of rotatable bonds is 1. The zero-order valence-electron chi connectivity index (χ0n) is 13.4. The number of nitrogens with one attached hydrogen (secondary N) is 1. The first kappa shape index (κ1) is 19.5. The molecule has 2 aliphatic carbocycles. The van der Waals surface area contributed by atoms with E-state index in [9.17, 15) is 0 Å². The van der Waals surface area contributed by atoms with E-state index in [1.165, 1.54) is 11.1 Å². The third-order valence-electron chi connectivity index (χ3n) is 4.37. The van der Waals surface area contributed by atoms with Crippen LogP contribution in [-0.2, 0) is 32.9 Å². The summed E-state index contributed by atoms with van der Waals surface area (Å²) in [6, 6.07) is 2.03. The molecule has 0 saturated carbocycles. The second-order valence-corrected chi connectivity index (χ2v) is 5.77. The lowest BCUT2D eigenvalue weighted by Crippen LogP contribution is -2.26. The van der Waals surface area contributed by atoms with E-state index in [1.54, 1.807) is 0 Å². The van der Waals surface area contributed by atoms with Crippen molar-refractivity contribution in [1.82, 2.24) is 0 Å². The van der Waals surface area contributed by atoms with Gasteiger partial charge in [-0.1, -0.05) is 40.5 Å². The minimum Gasteiger partial charge on any atom is -0.388 e. The maximum Gasteiger partial charge on any atom is 0.204 e. The second-order valence-electron chi connectivity index (χ2n) is 5.77. The lowest BCUT2D eigenvalue weighted by Gasteiger charge is -2.26. The van der Waals surface area contributed by atoms with Crippen molar-refractivity contribution in [1.29, 1.82) is 0 Å². The lowest BCUT2D eigenvalue weighted by atomic mass is 9.49. The minimum atomic E-state index is -0.755. The van der Waals surface area contributed by atoms with Crippen molar-refractivity contribution in [2.45, 2.75) is 36.1 Å². The number of carbonyl (C=O) groups is 2. The Morgan fingerprint density at radius 2 is 1.43 bits per heavy atom. The van der Waals surface area contributed by atoms with Crippen LogP contribution in [0.15, 0.2) is 6.07 Å². The van der Waals surface area contributed by atoms with Crippen molar-refractivity contribution in [2.24, 2.45) is 5.73 Å². The van der Waals surface area contributed by atoms with Crippen LogP contribution < -0.4 is 11.1 Å². The zero-order valence-corrected chi connectivity index (χ0v) is 13.4. The smallest absolute Gasteiger partial charge is 0.204 e. The molecule has 3 N–H and O–H groups in total. The van der Waals surface area contributed by atoms with Crippen molar-refractivity contribution in [3.63, 3.8) is 0 Å². The quantitative estimate of drug-likeness (QED) is 0.543. The molecule has 0 saturated heterocycles. The van der Waals surface area contributed by atoms with E-state index >= 15 is 0 Å². The van der Waals surface area contributed by atoms with E-state index in [-0.39, 0.29) is 6.41 Å². The van der Waals surface area contributed by atoms with Crippen molar-refractivity contribution >= 4 is 50.3 Å². The van der Waals surface area contributed by atoms with Gasteiger partial charge in [-0.15, -0.1) is 0 Å². The molecule has 0 unspecified atom stereocenters. The third-order valence-corrected chi connectivity index (χ3v) is 4.37. The summed E-state index contributed by atoms with van der Waals surface area (Å²) in [5, 5.41) is 1.77. The number of fused-ring (bicyclic) bond motifs is 2. The van der Waals surface area contributed by atoms with E-state index < -0.39 is 10.4 Å². The molecule has 2 aliphatic rings. The van der Waals surface area contributed by atoms with Gasteiger partial charge in [0.05, 0.1) is 31.4 Å². The predicted octanol–water partition coefficient (Wildman–Crippen LogP) is -0.483. The molecule has 8 radical (unpaired) electrons. The molecular formula is C15H18B4N2O2. The second kappa shape index (κ2) is 7.33. The molecular weight excluding hydrogens is 283 g/mol. The Morgan fingerprint density at radius 1 is 1.09 bits per heavy atom. The number of anilines is 1. The number of benzene rings is 1. The fraction of sp³-hybridized carbons (Fsp3) is 0.467. The summed E-state index contributed by atoms with van der Waals surface area (Å²) in [6.07, 6.45) is 3.60. The molecule has 1 aromatic rings. The molecule has 3 rings (SSSR count). The number of hydrogen-bond acceptors (Lipinski definition) is 3. The first-order valence-corrected chi connectivity index (χ1v) is 7.25. The summed E-state index contributed by atoms with van der Waals surface area (Å²) in [7, 11) is 26.6. The van der Waals surface area contributed by atoms with Crippen LogP contribution in [0, 0.1) is 0 Å². The van der Waals surface area contributed by atoms with Gasteiger partial charge in [0.2, 0.25) is 6.41 Å². The van der Waals surface area contributed by atoms with Crippen LogP contribution in [-0.4, -0.2) is 51.6 Å². The van der Waals surface area contributed by atoms with E-state index in [2.05, 4.69) is 11.1 Å². The molecule has 112 valence electrons. The first-order chi connectivity index (χ1) is 10.8. The molecule has 0 heterocycles. The highest BCUT2D eigenvalue weighted by Crippen LogP contribution is 2.46. The molecule has 23 heavy (non-hydrogen) atoms. The lowest BCUT2D eigenvalue weighted by molar-refractivity contribution is -0.107. The van der Waals surface area contributed by atoms with Crippen molar-refractivity contribution < 1.29 is 9.59 Å². The monoisotopic (exact) mass is 302 g/mol.